The summed E-state index contributed by atoms with van der Waals surface area (Å²) in [5.41, 5.74) is 6.02. The molecule has 0 radical (unpaired) electrons. The number of methoxy groups -OCH3 is 1. The van der Waals surface area contributed by atoms with Crippen molar-refractivity contribution in [1.82, 2.24) is 24.4 Å². The van der Waals surface area contributed by atoms with E-state index in [1.54, 1.807) is 27.1 Å². The molecule has 48 heavy (non-hydrogen) atoms. The van der Waals surface area contributed by atoms with Gasteiger partial charge in [0.1, 0.15) is 11.2 Å². The Bertz CT molecular complexity index is 2190. The summed E-state index contributed by atoms with van der Waals surface area (Å²) in [5, 5.41) is 8.27. The number of nitrogens with zero attached hydrogens (tertiary/aromatic N) is 4. The lowest BCUT2D eigenvalue weighted by Crippen LogP contribution is -2.37. The van der Waals surface area contributed by atoms with E-state index in [0.717, 1.165) is 65.8 Å². The van der Waals surface area contributed by atoms with Gasteiger partial charge in [0.05, 0.1) is 34.1 Å². The lowest BCUT2D eigenvalue weighted by atomic mass is 9.99. The van der Waals surface area contributed by atoms with Crippen LogP contribution < -0.4 is 26.6 Å². The molecule has 0 saturated carbocycles. The normalized spacial score (nSPS) is 16.3. The minimum atomic E-state index is -0.450. The van der Waals surface area contributed by atoms with Gasteiger partial charge in [-0.2, -0.15) is 0 Å². The molecule has 3 aromatic heterocycles. The minimum absolute atomic E-state index is 0.181. The van der Waals surface area contributed by atoms with E-state index in [2.05, 4.69) is 21.7 Å². The predicted octanol–water partition coefficient (Wildman–Crippen LogP) is 6.48. The number of rotatable bonds is 7. The van der Waals surface area contributed by atoms with E-state index in [0.29, 0.717) is 50.2 Å². The molecule has 1 saturated heterocycles. The van der Waals surface area contributed by atoms with Gasteiger partial charge in [-0.3, -0.25) is 13.9 Å². The van der Waals surface area contributed by atoms with E-state index < -0.39 is 11.2 Å². The maximum absolute atomic E-state index is 13.2. The van der Waals surface area contributed by atoms with Gasteiger partial charge in [0.15, 0.2) is 0 Å². The zero-order valence-electron chi connectivity index (χ0n) is 27.2. The molecular weight excluding hydrogens is 651 g/mol. The third kappa shape index (κ3) is 5.66. The quantitative estimate of drug-likeness (QED) is 0.200. The molecule has 12 heteroatoms. The fraction of sp³-hybridized carbons (Fsp3) is 0.333. The number of aromatic nitrogens is 4. The summed E-state index contributed by atoms with van der Waals surface area (Å²) < 4.78 is 13.9. The van der Waals surface area contributed by atoms with Crippen LogP contribution >= 0.6 is 23.2 Å². The first kappa shape index (κ1) is 32.3. The molecule has 10 nitrogen and oxygen atoms in total. The molecule has 7 rings (SSSR count). The SMILES string of the molecule is COc1nc(-c2cccc(-c3cccc(Nc4nc(C)cc5c4c(=O)n(C)c(=O)n5C)c3Cl)c2Cl)cc2c1C(NC1CCOCC1)CC2. The van der Waals surface area contributed by atoms with Crippen LogP contribution in [0.25, 0.3) is 33.3 Å². The number of ether oxygens (including phenoxy) is 2. The number of anilines is 2. The molecule has 0 amide bonds. The largest absolute Gasteiger partial charge is 0.481 e. The minimum Gasteiger partial charge on any atom is -0.481 e. The van der Waals surface area contributed by atoms with Crippen LogP contribution in [0.1, 0.15) is 42.1 Å². The third-order valence-electron chi connectivity index (χ3n) is 9.41. The fourth-order valence-electron chi connectivity index (χ4n) is 6.92. The van der Waals surface area contributed by atoms with Crippen molar-refractivity contribution in [1.29, 1.82) is 0 Å². The van der Waals surface area contributed by atoms with Crippen LogP contribution in [-0.2, 0) is 25.3 Å². The van der Waals surface area contributed by atoms with Gasteiger partial charge in [0.25, 0.3) is 5.56 Å². The smallest absolute Gasteiger partial charge is 0.330 e. The van der Waals surface area contributed by atoms with Crippen LogP contribution in [0.15, 0.2) is 58.1 Å². The molecule has 1 aliphatic heterocycles. The Hall–Kier alpha value is -4.22. The highest BCUT2D eigenvalue weighted by Crippen LogP contribution is 2.44. The van der Waals surface area contributed by atoms with Gasteiger partial charge in [0.2, 0.25) is 5.88 Å². The van der Waals surface area contributed by atoms with Crippen molar-refractivity contribution in [2.75, 3.05) is 25.6 Å². The van der Waals surface area contributed by atoms with Crippen molar-refractivity contribution in [3.63, 3.8) is 0 Å². The van der Waals surface area contributed by atoms with Crippen molar-refractivity contribution in [2.24, 2.45) is 14.1 Å². The Balaban J connectivity index is 1.25. The summed E-state index contributed by atoms with van der Waals surface area (Å²) in [6.45, 7) is 3.37. The molecule has 5 aromatic rings. The first-order valence-corrected chi connectivity index (χ1v) is 16.8. The highest BCUT2D eigenvalue weighted by atomic mass is 35.5. The number of hydrogen-bond donors (Lipinski definition) is 2. The topological polar surface area (TPSA) is 112 Å². The zero-order chi connectivity index (χ0) is 33.7. The number of pyridine rings is 2. The van der Waals surface area contributed by atoms with Crippen LogP contribution in [0.3, 0.4) is 0 Å². The summed E-state index contributed by atoms with van der Waals surface area (Å²) in [5.74, 6) is 0.913. The van der Waals surface area contributed by atoms with Gasteiger partial charge < -0.3 is 20.1 Å². The van der Waals surface area contributed by atoms with Crippen LogP contribution in [0, 0.1) is 6.92 Å². The summed E-state index contributed by atoms with van der Waals surface area (Å²) in [6.07, 6.45) is 3.89. The lowest BCUT2D eigenvalue weighted by Gasteiger charge is -2.27. The molecule has 2 N–H and O–H groups in total. The Labute approximate surface area is 287 Å². The summed E-state index contributed by atoms with van der Waals surface area (Å²) in [7, 11) is 4.74. The van der Waals surface area contributed by atoms with Gasteiger partial charge in [-0.25, -0.2) is 14.8 Å². The molecule has 0 bridgehead atoms. The summed E-state index contributed by atoms with van der Waals surface area (Å²) >= 11 is 14.2. The van der Waals surface area contributed by atoms with Crippen molar-refractivity contribution in [3.8, 4) is 28.3 Å². The highest BCUT2D eigenvalue weighted by Gasteiger charge is 2.31. The Kier molecular flexibility index (Phi) is 8.76. The highest BCUT2D eigenvalue weighted by molar-refractivity contribution is 6.39. The number of hydrogen-bond acceptors (Lipinski definition) is 8. The van der Waals surface area contributed by atoms with Crippen molar-refractivity contribution < 1.29 is 9.47 Å². The average Bonchev–Trinajstić information content (AvgIpc) is 3.49. The number of halogens is 2. The van der Waals surface area contributed by atoms with Crippen molar-refractivity contribution in [2.45, 2.75) is 44.7 Å². The molecule has 1 unspecified atom stereocenters. The van der Waals surface area contributed by atoms with Crippen LogP contribution in [0.4, 0.5) is 11.5 Å². The van der Waals surface area contributed by atoms with E-state index >= 15 is 0 Å². The second kappa shape index (κ2) is 13.0. The molecule has 1 fully saturated rings. The molecule has 2 aliphatic rings. The van der Waals surface area contributed by atoms with Gasteiger partial charge in [-0.1, -0.05) is 53.5 Å². The Morgan fingerprint density at radius 1 is 0.917 bits per heavy atom. The molecular formula is C36H36Cl2N6O4. The van der Waals surface area contributed by atoms with E-state index in [1.807, 2.05) is 36.4 Å². The molecule has 1 atom stereocenters. The van der Waals surface area contributed by atoms with E-state index in [9.17, 15) is 9.59 Å². The van der Waals surface area contributed by atoms with Crippen LogP contribution in [0.5, 0.6) is 5.88 Å². The second-order valence-corrected chi connectivity index (χ2v) is 13.2. The third-order valence-corrected chi connectivity index (χ3v) is 10.2. The fourth-order valence-corrected chi connectivity index (χ4v) is 7.52. The molecule has 2 aromatic carbocycles. The second-order valence-electron chi connectivity index (χ2n) is 12.4. The number of aryl methyl sites for hydroxylation is 3. The van der Waals surface area contributed by atoms with Gasteiger partial charge in [-0.05, 0) is 56.4 Å². The van der Waals surface area contributed by atoms with Gasteiger partial charge in [0, 0.05) is 67.3 Å². The zero-order valence-corrected chi connectivity index (χ0v) is 28.7. The average molecular weight is 688 g/mol. The Morgan fingerprint density at radius 2 is 1.62 bits per heavy atom. The molecule has 4 heterocycles. The molecule has 1 aliphatic carbocycles. The maximum atomic E-state index is 13.2. The van der Waals surface area contributed by atoms with Crippen LogP contribution in [0.2, 0.25) is 10.0 Å². The standard InChI is InChI=1S/C36H36Cl2N6O4/c1-19-17-28-30(35(45)44(3)36(46)43(28)2)33(39-19)41-26-10-6-8-23(32(26)38)22-7-5-9-24(31(22)37)27-18-20-11-12-25(29(20)34(42-27)47-4)40-21-13-15-48-16-14-21/h5-10,17-18,21,25,40H,11-16H2,1-4H3,(H,39,41). The molecule has 0 spiro atoms. The maximum Gasteiger partial charge on any atom is 0.330 e. The number of fused-ring (bicyclic) bond motifs is 2. The Morgan fingerprint density at radius 3 is 2.38 bits per heavy atom. The van der Waals surface area contributed by atoms with Crippen molar-refractivity contribution >= 4 is 45.6 Å². The first-order chi connectivity index (χ1) is 23.2. The monoisotopic (exact) mass is 686 g/mol. The van der Waals surface area contributed by atoms with E-state index in [-0.39, 0.29) is 11.4 Å². The van der Waals surface area contributed by atoms with E-state index in [4.69, 9.17) is 37.7 Å². The molecule has 248 valence electrons. The predicted molar refractivity (Wildman–Crippen MR) is 190 cm³/mol. The summed E-state index contributed by atoms with van der Waals surface area (Å²) in [4.78, 5) is 35.4. The van der Waals surface area contributed by atoms with Gasteiger partial charge in [-0.15, -0.1) is 0 Å². The van der Waals surface area contributed by atoms with Gasteiger partial charge >= 0.3 is 5.69 Å². The van der Waals surface area contributed by atoms with E-state index in [1.165, 1.54) is 17.2 Å². The van der Waals surface area contributed by atoms with Crippen molar-refractivity contribution in [3.05, 3.63) is 96.2 Å². The number of benzene rings is 2. The van der Waals surface area contributed by atoms with Crippen LogP contribution in [-0.4, -0.2) is 45.5 Å². The lowest BCUT2D eigenvalue weighted by molar-refractivity contribution is 0.0748. The summed E-state index contributed by atoms with van der Waals surface area (Å²) in [6, 6.07) is 15.8. The first-order valence-electron chi connectivity index (χ1n) is 16.0. The number of nitrogens with one attached hydrogen (secondary N) is 2.